The predicted octanol–water partition coefficient (Wildman–Crippen LogP) is 3.36. The molecule has 0 bridgehead atoms. The highest BCUT2D eigenvalue weighted by atomic mass is 35.5. The van der Waals surface area contributed by atoms with Crippen molar-refractivity contribution in [2.24, 2.45) is 0 Å². The molecule has 0 spiro atoms. The van der Waals surface area contributed by atoms with Crippen LogP contribution in [-0.4, -0.2) is 18.3 Å². The summed E-state index contributed by atoms with van der Waals surface area (Å²) in [4.78, 5) is 11.2. The summed E-state index contributed by atoms with van der Waals surface area (Å²) in [5, 5.41) is -4.11. The number of carbonyl (C=O) groups excluding carboxylic acids is 1. The number of Topliss-reactive ketones (excluding diaryl/α,β-unsaturated/α-hetero) is 1. The van der Waals surface area contributed by atoms with Crippen LogP contribution in [0.15, 0.2) is 18.2 Å². The molecule has 1 aromatic rings. The number of rotatable bonds is 3. The zero-order chi connectivity index (χ0) is 11.6. The lowest BCUT2D eigenvalue weighted by atomic mass is 10.1. The quantitative estimate of drug-likeness (QED) is 0.611. The minimum Gasteiger partial charge on any atom is -0.496 e. The van der Waals surface area contributed by atoms with E-state index in [-0.39, 0.29) is 10.8 Å². The summed E-state index contributed by atoms with van der Waals surface area (Å²) < 4.78 is 29.9. The van der Waals surface area contributed by atoms with Crippen molar-refractivity contribution in [2.45, 2.75) is 5.38 Å². The monoisotopic (exact) mass is 254 g/mol. The summed E-state index contributed by atoms with van der Waals surface area (Å²) >= 11 is 10.2. The van der Waals surface area contributed by atoms with E-state index in [0.29, 0.717) is 0 Å². The van der Waals surface area contributed by atoms with Gasteiger partial charge in [-0.05, 0) is 23.7 Å². The molecule has 82 valence electrons. The Hall–Kier alpha value is -0.870. The number of carbonyl (C=O) groups is 1. The van der Waals surface area contributed by atoms with E-state index in [1.54, 1.807) is 0 Å². The third kappa shape index (κ3) is 2.58. The van der Waals surface area contributed by atoms with Gasteiger partial charge in [0.15, 0.2) is 0 Å². The molecule has 0 aliphatic rings. The molecule has 0 radical (unpaired) electrons. The van der Waals surface area contributed by atoms with Crippen LogP contribution in [0.1, 0.15) is 10.4 Å². The lowest BCUT2D eigenvalue weighted by Crippen LogP contribution is -2.22. The number of hydrogen-bond donors (Lipinski definition) is 0. The highest BCUT2D eigenvalue weighted by molar-refractivity contribution is 6.40. The largest absolute Gasteiger partial charge is 0.496 e. The summed E-state index contributed by atoms with van der Waals surface area (Å²) in [7, 11) is 1.24. The second kappa shape index (κ2) is 4.33. The van der Waals surface area contributed by atoms with Crippen LogP contribution in [0.4, 0.5) is 8.78 Å². The molecular weight excluding hydrogens is 249 g/mol. The fourth-order valence-electron chi connectivity index (χ4n) is 1.04. The van der Waals surface area contributed by atoms with Crippen LogP contribution in [0, 0.1) is 0 Å². The second-order valence-electron chi connectivity index (χ2n) is 2.64. The van der Waals surface area contributed by atoms with Crippen LogP contribution >= 0.6 is 23.2 Å². The molecule has 1 aromatic carbocycles. The maximum Gasteiger partial charge on any atom is 0.385 e. The molecule has 0 atom stereocenters. The van der Waals surface area contributed by atoms with Crippen LogP contribution < -0.4 is 4.74 Å². The van der Waals surface area contributed by atoms with E-state index < -0.39 is 16.7 Å². The Kier molecular flexibility index (Phi) is 3.52. The molecule has 0 aliphatic heterocycles. The molecule has 0 heterocycles. The Morgan fingerprint density at radius 2 is 2.07 bits per heavy atom. The van der Waals surface area contributed by atoms with Gasteiger partial charge >= 0.3 is 5.38 Å². The molecule has 1 rings (SSSR count). The molecule has 0 N–H and O–H groups in total. The molecular formula is C9H6Cl2F2O2. The lowest BCUT2D eigenvalue weighted by molar-refractivity contribution is 0.0533. The number of benzene rings is 1. The molecule has 0 fully saturated rings. The van der Waals surface area contributed by atoms with Gasteiger partial charge in [-0.1, -0.05) is 17.7 Å². The minimum atomic E-state index is -3.99. The molecule has 6 heteroatoms. The first-order chi connectivity index (χ1) is 6.88. The molecule has 0 aliphatic carbocycles. The van der Waals surface area contributed by atoms with Crippen molar-refractivity contribution in [1.29, 1.82) is 0 Å². The summed E-state index contributed by atoms with van der Waals surface area (Å²) in [6.07, 6.45) is 0. The van der Waals surface area contributed by atoms with Crippen molar-refractivity contribution in [1.82, 2.24) is 0 Å². The Morgan fingerprint density at radius 3 is 2.53 bits per heavy atom. The number of ether oxygens (including phenoxy) is 1. The third-order valence-electron chi connectivity index (χ3n) is 1.68. The highest BCUT2D eigenvalue weighted by Crippen LogP contribution is 2.33. The van der Waals surface area contributed by atoms with E-state index in [9.17, 15) is 13.6 Å². The number of halogens is 4. The SMILES string of the molecule is COc1cccc(Cl)c1C(=O)C(F)(F)Cl. The van der Waals surface area contributed by atoms with E-state index in [2.05, 4.69) is 11.6 Å². The molecule has 0 saturated carbocycles. The maximum atomic E-state index is 12.6. The van der Waals surface area contributed by atoms with Crippen molar-refractivity contribution in [3.63, 3.8) is 0 Å². The summed E-state index contributed by atoms with van der Waals surface area (Å²) in [5.74, 6) is -1.61. The summed E-state index contributed by atoms with van der Waals surface area (Å²) in [6, 6.07) is 4.13. The topological polar surface area (TPSA) is 26.3 Å². The minimum absolute atomic E-state index is 0.0344. The average molecular weight is 255 g/mol. The molecule has 15 heavy (non-hydrogen) atoms. The first kappa shape index (κ1) is 12.2. The summed E-state index contributed by atoms with van der Waals surface area (Å²) in [6.45, 7) is 0. The van der Waals surface area contributed by atoms with E-state index in [0.717, 1.165) is 0 Å². The van der Waals surface area contributed by atoms with Crippen molar-refractivity contribution in [2.75, 3.05) is 7.11 Å². The Bertz CT molecular complexity index is 388. The van der Waals surface area contributed by atoms with Crippen LogP contribution in [0.5, 0.6) is 5.75 Å². The smallest absolute Gasteiger partial charge is 0.385 e. The molecule has 0 aromatic heterocycles. The number of hydrogen-bond acceptors (Lipinski definition) is 2. The Labute approximate surface area is 94.7 Å². The second-order valence-corrected chi connectivity index (χ2v) is 3.53. The van der Waals surface area contributed by atoms with Crippen molar-refractivity contribution in [3.05, 3.63) is 28.8 Å². The van der Waals surface area contributed by atoms with Gasteiger partial charge in [-0.25, -0.2) is 0 Å². The maximum absolute atomic E-state index is 12.6. The first-order valence-electron chi connectivity index (χ1n) is 3.82. The van der Waals surface area contributed by atoms with Gasteiger partial charge < -0.3 is 4.74 Å². The lowest BCUT2D eigenvalue weighted by Gasteiger charge is -2.11. The van der Waals surface area contributed by atoms with Crippen molar-refractivity contribution in [3.8, 4) is 5.75 Å². The zero-order valence-electron chi connectivity index (χ0n) is 7.56. The Balaban J connectivity index is 3.30. The predicted molar refractivity (Wildman–Crippen MR) is 53.1 cm³/mol. The standard InChI is InChI=1S/C9H6Cl2F2O2/c1-15-6-4-2-3-5(10)7(6)8(14)9(11,12)13/h2-4H,1H3. The van der Waals surface area contributed by atoms with E-state index in [1.165, 1.54) is 25.3 Å². The fourth-order valence-corrected chi connectivity index (χ4v) is 1.38. The van der Waals surface area contributed by atoms with Gasteiger partial charge in [0.25, 0.3) is 5.78 Å². The summed E-state index contributed by atoms with van der Waals surface area (Å²) in [5.41, 5.74) is -0.415. The van der Waals surface area contributed by atoms with Gasteiger partial charge in [0.1, 0.15) is 5.75 Å². The number of alkyl halides is 3. The van der Waals surface area contributed by atoms with Gasteiger partial charge in [-0.15, -0.1) is 0 Å². The zero-order valence-corrected chi connectivity index (χ0v) is 9.07. The molecule has 0 saturated heterocycles. The van der Waals surface area contributed by atoms with E-state index in [4.69, 9.17) is 16.3 Å². The van der Waals surface area contributed by atoms with Crippen LogP contribution in [0.3, 0.4) is 0 Å². The third-order valence-corrected chi connectivity index (χ3v) is 2.17. The van der Waals surface area contributed by atoms with Crippen molar-refractivity contribution >= 4 is 29.0 Å². The van der Waals surface area contributed by atoms with Crippen LogP contribution in [0.25, 0.3) is 0 Å². The van der Waals surface area contributed by atoms with E-state index in [1.807, 2.05) is 0 Å². The van der Waals surface area contributed by atoms with Crippen molar-refractivity contribution < 1.29 is 18.3 Å². The Morgan fingerprint density at radius 1 is 1.47 bits per heavy atom. The average Bonchev–Trinajstić information content (AvgIpc) is 2.15. The van der Waals surface area contributed by atoms with Crippen LogP contribution in [0.2, 0.25) is 5.02 Å². The fraction of sp³-hybridized carbons (Fsp3) is 0.222. The van der Waals surface area contributed by atoms with Gasteiger partial charge in [0.05, 0.1) is 17.7 Å². The number of ketones is 1. The molecule has 0 amide bonds. The van der Waals surface area contributed by atoms with Gasteiger partial charge in [-0.2, -0.15) is 8.78 Å². The normalized spacial score (nSPS) is 11.3. The van der Waals surface area contributed by atoms with Crippen LogP contribution in [-0.2, 0) is 0 Å². The molecule has 2 nitrogen and oxygen atoms in total. The van der Waals surface area contributed by atoms with Gasteiger partial charge in [0.2, 0.25) is 0 Å². The highest BCUT2D eigenvalue weighted by Gasteiger charge is 2.39. The first-order valence-corrected chi connectivity index (χ1v) is 4.57. The molecule has 0 unspecified atom stereocenters. The van der Waals surface area contributed by atoms with Gasteiger partial charge in [0, 0.05) is 0 Å². The van der Waals surface area contributed by atoms with Gasteiger partial charge in [-0.3, -0.25) is 4.79 Å². The van der Waals surface area contributed by atoms with E-state index >= 15 is 0 Å². The number of methoxy groups -OCH3 is 1.